The third-order valence-corrected chi connectivity index (χ3v) is 5.37. The van der Waals surface area contributed by atoms with Gasteiger partial charge in [0.1, 0.15) is 5.75 Å². The van der Waals surface area contributed by atoms with Crippen molar-refractivity contribution in [1.29, 1.82) is 0 Å². The van der Waals surface area contributed by atoms with E-state index in [0.29, 0.717) is 26.7 Å². The van der Waals surface area contributed by atoms with Crippen LogP contribution < -0.4 is 10.2 Å². The minimum Gasteiger partial charge on any atom is -0.483 e. The molecular weight excluding hydrogens is 492 g/mol. The number of amides is 3. The molecule has 28 heavy (non-hydrogen) atoms. The molecule has 0 aromatic heterocycles. The first kappa shape index (κ1) is 18.6. The highest BCUT2D eigenvalue weighted by atomic mass is 79.9. The monoisotopic (exact) mass is 502 g/mol. The zero-order valence-corrected chi connectivity index (χ0v) is 17.4. The maximum absolute atomic E-state index is 12.8. The molecule has 1 aliphatic rings. The summed E-state index contributed by atoms with van der Waals surface area (Å²) in [5, 5.41) is 2.13. The Morgan fingerprint density at radius 1 is 0.964 bits per heavy atom. The van der Waals surface area contributed by atoms with E-state index in [2.05, 4.69) is 37.3 Å². The van der Waals surface area contributed by atoms with Crippen LogP contribution in [0.3, 0.4) is 0 Å². The van der Waals surface area contributed by atoms with E-state index >= 15 is 0 Å². The van der Waals surface area contributed by atoms with Gasteiger partial charge in [-0.05, 0) is 51.6 Å². The molecule has 8 heteroatoms. The van der Waals surface area contributed by atoms with Crippen LogP contribution in [-0.4, -0.2) is 29.3 Å². The van der Waals surface area contributed by atoms with Crippen molar-refractivity contribution in [3.05, 3.63) is 74.7 Å². The summed E-state index contributed by atoms with van der Waals surface area (Å²) < 4.78 is 6.99. The molecule has 140 valence electrons. The first-order valence-electron chi connectivity index (χ1n) is 8.23. The zero-order chi connectivity index (χ0) is 19.8. The van der Waals surface area contributed by atoms with Crippen LogP contribution in [0.15, 0.2) is 63.5 Å². The number of hydrogen-bond acceptors (Lipinski definition) is 4. The van der Waals surface area contributed by atoms with Crippen LogP contribution in [0.2, 0.25) is 0 Å². The summed E-state index contributed by atoms with van der Waals surface area (Å²) in [5.74, 6) is -1.31. The van der Waals surface area contributed by atoms with Crippen LogP contribution in [0.4, 0.5) is 0 Å². The Balaban J connectivity index is 1.53. The Morgan fingerprint density at radius 2 is 1.61 bits per heavy atom. The lowest BCUT2D eigenvalue weighted by molar-refractivity contribution is -0.126. The van der Waals surface area contributed by atoms with Crippen LogP contribution in [-0.2, 0) is 4.79 Å². The molecule has 0 unspecified atom stereocenters. The molecule has 0 saturated carbocycles. The summed E-state index contributed by atoms with van der Waals surface area (Å²) >= 11 is 6.68. The van der Waals surface area contributed by atoms with Gasteiger partial charge in [0.05, 0.1) is 15.6 Å². The van der Waals surface area contributed by atoms with Gasteiger partial charge >= 0.3 is 0 Å². The topological polar surface area (TPSA) is 75.7 Å². The van der Waals surface area contributed by atoms with Gasteiger partial charge in [-0.2, -0.15) is 5.01 Å². The molecule has 0 saturated heterocycles. The fraction of sp³-hybridized carbons (Fsp3) is 0.0500. The van der Waals surface area contributed by atoms with E-state index in [0.717, 1.165) is 14.9 Å². The molecule has 3 aromatic rings. The SMILES string of the molecule is O=C(COc1ccc(Br)cc1Br)NN1C(=O)c2cccc3cccc(c23)C1=O. The van der Waals surface area contributed by atoms with Gasteiger partial charge in [0.15, 0.2) is 6.61 Å². The van der Waals surface area contributed by atoms with Crippen molar-refractivity contribution >= 4 is 60.4 Å². The Morgan fingerprint density at radius 3 is 2.21 bits per heavy atom. The van der Waals surface area contributed by atoms with E-state index in [9.17, 15) is 14.4 Å². The smallest absolute Gasteiger partial charge is 0.280 e. The highest BCUT2D eigenvalue weighted by molar-refractivity contribution is 9.11. The van der Waals surface area contributed by atoms with E-state index in [1.807, 2.05) is 12.1 Å². The zero-order valence-electron chi connectivity index (χ0n) is 14.2. The highest BCUT2D eigenvalue weighted by Gasteiger charge is 2.34. The van der Waals surface area contributed by atoms with Crippen molar-refractivity contribution in [3.63, 3.8) is 0 Å². The minimum atomic E-state index is -0.622. The number of hydrogen-bond donors (Lipinski definition) is 1. The Bertz CT molecular complexity index is 1100. The van der Waals surface area contributed by atoms with Gasteiger partial charge in [0, 0.05) is 9.86 Å². The number of nitrogens with zero attached hydrogens (tertiary/aromatic N) is 1. The second kappa shape index (κ2) is 7.37. The van der Waals surface area contributed by atoms with E-state index in [-0.39, 0.29) is 6.61 Å². The summed E-state index contributed by atoms with van der Waals surface area (Å²) in [6.45, 7) is -0.358. The molecule has 0 fully saturated rings. The van der Waals surface area contributed by atoms with Gasteiger partial charge in [0.25, 0.3) is 17.7 Å². The minimum absolute atomic E-state index is 0.358. The maximum Gasteiger partial charge on any atom is 0.280 e. The molecule has 6 nitrogen and oxygen atoms in total. The average molecular weight is 504 g/mol. The summed E-state index contributed by atoms with van der Waals surface area (Å²) in [6, 6.07) is 15.7. The number of carbonyl (C=O) groups excluding carboxylic acids is 3. The van der Waals surface area contributed by atoms with Gasteiger partial charge < -0.3 is 4.74 Å². The van der Waals surface area contributed by atoms with Gasteiger partial charge in [-0.25, -0.2) is 0 Å². The number of rotatable bonds is 4. The second-order valence-electron chi connectivity index (χ2n) is 6.05. The van der Waals surface area contributed by atoms with E-state index in [1.165, 1.54) is 0 Å². The van der Waals surface area contributed by atoms with Gasteiger partial charge in [-0.3, -0.25) is 19.8 Å². The number of carbonyl (C=O) groups is 3. The molecule has 1 heterocycles. The number of hydrazine groups is 1. The summed E-state index contributed by atoms with van der Waals surface area (Å²) in [6.07, 6.45) is 0. The average Bonchev–Trinajstić information content (AvgIpc) is 2.68. The summed E-state index contributed by atoms with van der Waals surface area (Å²) in [7, 11) is 0. The number of nitrogens with one attached hydrogen (secondary N) is 1. The van der Waals surface area contributed by atoms with Crippen LogP contribution in [0, 0.1) is 0 Å². The quantitative estimate of drug-likeness (QED) is 0.544. The normalized spacial score (nSPS) is 13.0. The lowest BCUT2D eigenvalue weighted by Gasteiger charge is -2.27. The van der Waals surface area contributed by atoms with Crippen LogP contribution >= 0.6 is 31.9 Å². The van der Waals surface area contributed by atoms with Crippen molar-refractivity contribution < 1.29 is 19.1 Å². The molecule has 3 aromatic carbocycles. The molecule has 0 radical (unpaired) electrons. The Labute approximate surface area is 176 Å². The molecular formula is C20H12Br2N2O4. The third-order valence-electron chi connectivity index (χ3n) is 4.26. The van der Waals surface area contributed by atoms with Crippen LogP contribution in [0.25, 0.3) is 10.8 Å². The van der Waals surface area contributed by atoms with Crippen LogP contribution in [0.1, 0.15) is 20.7 Å². The fourth-order valence-electron chi connectivity index (χ4n) is 3.02. The van der Waals surface area contributed by atoms with Crippen molar-refractivity contribution in [2.24, 2.45) is 0 Å². The van der Waals surface area contributed by atoms with Gasteiger partial charge in [-0.1, -0.05) is 40.2 Å². The number of imide groups is 1. The van der Waals surface area contributed by atoms with E-state index in [1.54, 1.807) is 42.5 Å². The molecule has 4 rings (SSSR count). The first-order chi connectivity index (χ1) is 13.5. The van der Waals surface area contributed by atoms with E-state index in [4.69, 9.17) is 4.74 Å². The molecule has 0 atom stereocenters. The lowest BCUT2D eigenvalue weighted by Crippen LogP contribution is -2.52. The molecule has 0 spiro atoms. The first-order valence-corrected chi connectivity index (χ1v) is 9.82. The number of benzene rings is 3. The molecule has 3 amide bonds. The van der Waals surface area contributed by atoms with Crippen molar-refractivity contribution in [1.82, 2.24) is 10.4 Å². The largest absolute Gasteiger partial charge is 0.483 e. The Hall–Kier alpha value is -2.71. The summed E-state index contributed by atoms with van der Waals surface area (Å²) in [5.41, 5.74) is 3.08. The predicted octanol–water partition coefficient (Wildman–Crippen LogP) is 4.07. The van der Waals surface area contributed by atoms with Crippen molar-refractivity contribution in [2.45, 2.75) is 0 Å². The molecule has 1 N–H and O–H groups in total. The second-order valence-corrected chi connectivity index (χ2v) is 7.82. The van der Waals surface area contributed by atoms with Gasteiger partial charge in [-0.15, -0.1) is 0 Å². The van der Waals surface area contributed by atoms with E-state index < -0.39 is 17.7 Å². The maximum atomic E-state index is 12.8. The molecule has 1 aliphatic heterocycles. The lowest BCUT2D eigenvalue weighted by atomic mass is 9.95. The number of ether oxygens (including phenoxy) is 1. The van der Waals surface area contributed by atoms with Crippen LogP contribution in [0.5, 0.6) is 5.75 Å². The highest BCUT2D eigenvalue weighted by Crippen LogP contribution is 2.30. The van der Waals surface area contributed by atoms with Gasteiger partial charge in [0.2, 0.25) is 0 Å². The van der Waals surface area contributed by atoms with Crippen molar-refractivity contribution in [2.75, 3.05) is 6.61 Å². The third kappa shape index (κ3) is 3.29. The van der Waals surface area contributed by atoms with Crippen molar-refractivity contribution in [3.8, 4) is 5.75 Å². The Kier molecular flexibility index (Phi) is 4.91. The predicted molar refractivity (Wildman–Crippen MR) is 110 cm³/mol. The molecule has 0 aliphatic carbocycles. The number of halogens is 2. The standard InChI is InChI=1S/C20H12Br2N2O4/c21-12-7-8-16(15(22)9-12)28-10-17(25)23-24-19(26)13-5-1-3-11-4-2-6-14(18(11)13)20(24)27/h1-9H,10H2,(H,23,25). The molecule has 0 bridgehead atoms. The summed E-state index contributed by atoms with van der Waals surface area (Å²) in [4.78, 5) is 37.8. The fourth-order valence-corrected chi connectivity index (χ4v) is 4.19.